The van der Waals surface area contributed by atoms with Crippen molar-refractivity contribution in [2.45, 2.75) is 64.6 Å². The Hall–Kier alpha value is -3.02. The topological polar surface area (TPSA) is 58.7 Å². The summed E-state index contributed by atoms with van der Waals surface area (Å²) >= 11 is 0. The van der Waals surface area contributed by atoms with Gasteiger partial charge < -0.3 is 14.2 Å². The lowest BCUT2D eigenvalue weighted by atomic mass is 9.98. The van der Waals surface area contributed by atoms with Crippen molar-refractivity contribution in [3.8, 4) is 0 Å². The van der Waals surface area contributed by atoms with Crippen LogP contribution < -0.4 is 10.7 Å². The average Bonchev–Trinajstić information content (AvgIpc) is 3.45. The lowest BCUT2D eigenvalue weighted by molar-refractivity contribution is -0.134. The molecule has 6 heteroatoms. The largest absolute Gasteiger partial charge is 0.420 e. The van der Waals surface area contributed by atoms with E-state index in [2.05, 4.69) is 30.0 Å². The monoisotopic (exact) mass is 433 g/mol. The second-order valence-corrected chi connectivity index (χ2v) is 9.03. The first-order chi connectivity index (χ1) is 15.6. The van der Waals surface area contributed by atoms with Crippen LogP contribution in [0.3, 0.4) is 0 Å². The molecule has 1 saturated carbocycles. The predicted octanol–water partition coefficient (Wildman–Crippen LogP) is 4.34. The summed E-state index contributed by atoms with van der Waals surface area (Å²) in [4.78, 5) is 30.4. The van der Waals surface area contributed by atoms with Gasteiger partial charge in [-0.05, 0) is 61.9 Å². The van der Waals surface area contributed by atoms with Crippen LogP contribution in [-0.4, -0.2) is 34.5 Å². The number of aryl methyl sites for hydroxylation is 1. The van der Waals surface area contributed by atoms with Crippen molar-refractivity contribution >= 4 is 22.7 Å². The molecule has 0 bridgehead atoms. The fourth-order valence-electron chi connectivity index (χ4n) is 5.38. The maximum Gasteiger partial charge on any atom is 0.420 e. The molecule has 2 aliphatic rings. The van der Waals surface area contributed by atoms with Gasteiger partial charge in [0, 0.05) is 31.4 Å². The second-order valence-electron chi connectivity index (χ2n) is 9.03. The first kappa shape index (κ1) is 20.9. The number of hydrogen-bond acceptors (Lipinski definition) is 4. The number of anilines is 1. The fourth-order valence-corrected chi connectivity index (χ4v) is 5.38. The van der Waals surface area contributed by atoms with E-state index >= 15 is 0 Å². The molecule has 0 saturated heterocycles. The van der Waals surface area contributed by atoms with E-state index in [0.717, 1.165) is 45.2 Å². The highest BCUT2D eigenvalue weighted by molar-refractivity contribution is 5.80. The number of fused-ring (bicyclic) bond motifs is 2. The van der Waals surface area contributed by atoms with Crippen LogP contribution in [0.4, 0.5) is 5.69 Å². The van der Waals surface area contributed by atoms with Gasteiger partial charge in [0.1, 0.15) is 6.54 Å². The average molecular weight is 434 g/mol. The summed E-state index contributed by atoms with van der Waals surface area (Å²) in [6, 6.07) is 14.2. The van der Waals surface area contributed by atoms with Gasteiger partial charge in [-0.2, -0.15) is 0 Å². The van der Waals surface area contributed by atoms with E-state index in [1.54, 1.807) is 6.07 Å². The van der Waals surface area contributed by atoms with Gasteiger partial charge in [0.2, 0.25) is 5.91 Å². The van der Waals surface area contributed by atoms with Crippen molar-refractivity contribution in [3.63, 3.8) is 0 Å². The molecule has 1 aliphatic heterocycles. The van der Waals surface area contributed by atoms with E-state index in [-0.39, 0.29) is 18.5 Å². The molecule has 168 valence electrons. The molecule has 0 N–H and O–H groups in total. The lowest BCUT2D eigenvalue weighted by Crippen LogP contribution is -2.41. The van der Waals surface area contributed by atoms with Crippen LogP contribution in [0.25, 0.3) is 11.1 Å². The fraction of sp³-hybridized carbons (Fsp3) is 0.462. The second kappa shape index (κ2) is 8.85. The molecular formula is C26H31N3O3. The Labute approximate surface area is 188 Å². The van der Waals surface area contributed by atoms with Crippen LogP contribution in [0.2, 0.25) is 0 Å². The maximum absolute atomic E-state index is 13.5. The molecular weight excluding hydrogens is 402 g/mol. The van der Waals surface area contributed by atoms with Crippen molar-refractivity contribution < 1.29 is 9.21 Å². The number of hydrogen-bond donors (Lipinski definition) is 0. The number of oxazole rings is 1. The highest BCUT2D eigenvalue weighted by Crippen LogP contribution is 2.30. The van der Waals surface area contributed by atoms with Crippen LogP contribution in [0.1, 0.15) is 50.2 Å². The number of aromatic nitrogens is 1. The van der Waals surface area contributed by atoms with Gasteiger partial charge >= 0.3 is 5.76 Å². The van der Waals surface area contributed by atoms with Gasteiger partial charge in [-0.15, -0.1) is 0 Å². The summed E-state index contributed by atoms with van der Waals surface area (Å²) in [7, 11) is 0. The Balaban J connectivity index is 1.41. The molecule has 1 aromatic heterocycles. The van der Waals surface area contributed by atoms with Gasteiger partial charge in [0.15, 0.2) is 5.58 Å². The number of para-hydroxylation sites is 2. The SMILES string of the molecule is CCN1CCCc2cc(CN(C(=O)Cn3c(=O)oc4ccccc43)C3CCCC3)ccc21. The highest BCUT2D eigenvalue weighted by atomic mass is 16.4. The standard InChI is InChI=1S/C26H31N3O3/c1-2-27-15-7-8-20-16-19(13-14-22(20)27)17-28(21-9-3-4-10-21)25(30)18-29-23-11-5-6-12-24(23)32-26(29)31/h5-6,11-14,16,21H,2-4,7-10,15,17-18H2,1H3. The van der Waals surface area contributed by atoms with E-state index in [4.69, 9.17) is 4.42 Å². The highest BCUT2D eigenvalue weighted by Gasteiger charge is 2.28. The van der Waals surface area contributed by atoms with Crippen molar-refractivity contribution in [2.75, 3.05) is 18.0 Å². The van der Waals surface area contributed by atoms with Crippen molar-refractivity contribution in [1.29, 1.82) is 0 Å². The van der Waals surface area contributed by atoms with Gasteiger partial charge in [0.05, 0.1) is 5.52 Å². The van der Waals surface area contributed by atoms with Gasteiger partial charge in [-0.1, -0.05) is 37.1 Å². The maximum atomic E-state index is 13.5. The first-order valence-corrected chi connectivity index (χ1v) is 11.9. The molecule has 0 unspecified atom stereocenters. The number of benzene rings is 2. The van der Waals surface area contributed by atoms with E-state index in [9.17, 15) is 9.59 Å². The number of carbonyl (C=O) groups is 1. The minimum absolute atomic E-state index is 0.0148. The zero-order valence-electron chi connectivity index (χ0n) is 18.8. The predicted molar refractivity (Wildman–Crippen MR) is 126 cm³/mol. The zero-order chi connectivity index (χ0) is 22.1. The summed E-state index contributed by atoms with van der Waals surface area (Å²) < 4.78 is 6.80. The van der Waals surface area contributed by atoms with Gasteiger partial charge in [0.25, 0.3) is 0 Å². The zero-order valence-corrected chi connectivity index (χ0v) is 18.8. The third kappa shape index (κ3) is 3.94. The molecule has 1 amide bonds. The van der Waals surface area contributed by atoms with Crippen LogP contribution in [-0.2, 0) is 24.3 Å². The Kier molecular flexibility index (Phi) is 5.77. The summed E-state index contributed by atoms with van der Waals surface area (Å²) in [5.41, 5.74) is 5.08. The minimum Gasteiger partial charge on any atom is -0.408 e. The Morgan fingerprint density at radius 1 is 1.12 bits per heavy atom. The van der Waals surface area contributed by atoms with E-state index < -0.39 is 5.76 Å². The van der Waals surface area contributed by atoms with Crippen molar-refractivity contribution in [3.05, 3.63) is 64.1 Å². The quantitative estimate of drug-likeness (QED) is 0.580. The van der Waals surface area contributed by atoms with Crippen LogP contribution in [0, 0.1) is 0 Å². The smallest absolute Gasteiger partial charge is 0.408 e. The number of nitrogens with zero attached hydrogens (tertiary/aromatic N) is 3. The van der Waals surface area contributed by atoms with Gasteiger partial charge in [-0.3, -0.25) is 9.36 Å². The van der Waals surface area contributed by atoms with Crippen LogP contribution in [0.5, 0.6) is 0 Å². The molecule has 1 fully saturated rings. The van der Waals surface area contributed by atoms with Crippen molar-refractivity contribution in [1.82, 2.24) is 9.47 Å². The molecule has 2 heterocycles. The summed E-state index contributed by atoms with van der Waals surface area (Å²) in [5, 5.41) is 0. The number of rotatable bonds is 6. The molecule has 6 nitrogen and oxygen atoms in total. The molecule has 3 aromatic rings. The lowest BCUT2D eigenvalue weighted by Gasteiger charge is -2.32. The Bertz CT molecular complexity index is 1170. The Morgan fingerprint density at radius 2 is 1.94 bits per heavy atom. The summed E-state index contributed by atoms with van der Waals surface area (Å²) in [5.74, 6) is -0.488. The molecule has 0 atom stereocenters. The molecule has 0 radical (unpaired) electrons. The molecule has 32 heavy (non-hydrogen) atoms. The first-order valence-electron chi connectivity index (χ1n) is 11.9. The normalized spacial score (nSPS) is 16.5. The number of amides is 1. The number of carbonyl (C=O) groups excluding carboxylic acids is 1. The molecule has 1 aliphatic carbocycles. The molecule has 0 spiro atoms. The molecule has 5 rings (SSSR count). The molecule has 2 aromatic carbocycles. The van der Waals surface area contributed by atoms with Crippen molar-refractivity contribution in [2.24, 2.45) is 0 Å². The summed E-state index contributed by atoms with van der Waals surface area (Å²) in [6.07, 6.45) is 6.62. The Morgan fingerprint density at radius 3 is 2.75 bits per heavy atom. The van der Waals surface area contributed by atoms with E-state index in [1.165, 1.54) is 27.8 Å². The third-order valence-corrected chi connectivity index (χ3v) is 7.05. The third-order valence-electron chi connectivity index (χ3n) is 7.05. The van der Waals surface area contributed by atoms with E-state index in [1.807, 2.05) is 23.1 Å². The summed E-state index contributed by atoms with van der Waals surface area (Å²) in [6.45, 7) is 4.94. The van der Waals surface area contributed by atoms with Crippen LogP contribution >= 0.6 is 0 Å². The van der Waals surface area contributed by atoms with Crippen LogP contribution in [0.15, 0.2) is 51.7 Å². The van der Waals surface area contributed by atoms with E-state index in [0.29, 0.717) is 17.6 Å². The van der Waals surface area contributed by atoms with Gasteiger partial charge in [-0.25, -0.2) is 4.79 Å². The minimum atomic E-state index is -0.473.